The predicted octanol–water partition coefficient (Wildman–Crippen LogP) is 0.672. The van der Waals surface area contributed by atoms with Crippen molar-refractivity contribution in [3.63, 3.8) is 0 Å². The lowest BCUT2D eigenvalue weighted by molar-refractivity contribution is -0.0511. The SMILES string of the molecule is C[C@@H](Nc1ncnc2c1ncn2[C@@H]1O[C@H](CO)[C@@H](O)[C@H]1O)c1cccs1. The lowest BCUT2D eigenvalue weighted by Crippen LogP contribution is -2.33. The van der Waals surface area contributed by atoms with Gasteiger partial charge < -0.3 is 25.4 Å². The first kappa shape index (κ1) is 17.3. The molecule has 1 aliphatic rings. The number of thiophene rings is 1. The molecule has 1 aliphatic heterocycles. The molecule has 1 fully saturated rings. The Balaban J connectivity index is 1.65. The van der Waals surface area contributed by atoms with Crippen molar-refractivity contribution in [3.8, 4) is 0 Å². The molecule has 4 heterocycles. The second-order valence-corrected chi connectivity index (χ2v) is 7.14. The maximum atomic E-state index is 10.2. The van der Waals surface area contributed by atoms with Gasteiger partial charge in [-0.3, -0.25) is 4.57 Å². The van der Waals surface area contributed by atoms with E-state index in [9.17, 15) is 15.3 Å². The Kier molecular flexibility index (Phi) is 4.59. The van der Waals surface area contributed by atoms with Crippen LogP contribution in [0.4, 0.5) is 5.82 Å². The molecule has 0 saturated carbocycles. The Morgan fingerprint density at radius 2 is 2.15 bits per heavy atom. The highest BCUT2D eigenvalue weighted by Gasteiger charge is 2.44. The van der Waals surface area contributed by atoms with Gasteiger partial charge in [0.2, 0.25) is 0 Å². The van der Waals surface area contributed by atoms with E-state index in [0.717, 1.165) is 0 Å². The first-order valence-electron chi connectivity index (χ1n) is 8.20. The van der Waals surface area contributed by atoms with Gasteiger partial charge in [0.15, 0.2) is 23.2 Å². The molecule has 0 aliphatic carbocycles. The lowest BCUT2D eigenvalue weighted by atomic mass is 10.1. The van der Waals surface area contributed by atoms with E-state index in [4.69, 9.17) is 4.74 Å². The molecule has 3 aromatic rings. The highest BCUT2D eigenvalue weighted by atomic mass is 32.1. The van der Waals surface area contributed by atoms with E-state index >= 15 is 0 Å². The summed E-state index contributed by atoms with van der Waals surface area (Å²) in [5.74, 6) is 0.571. The number of anilines is 1. The fourth-order valence-electron chi connectivity index (χ4n) is 3.07. The Morgan fingerprint density at radius 3 is 2.85 bits per heavy atom. The molecule has 5 atom stereocenters. The lowest BCUT2D eigenvalue weighted by Gasteiger charge is -2.17. The van der Waals surface area contributed by atoms with Crippen molar-refractivity contribution in [1.29, 1.82) is 0 Å². The van der Waals surface area contributed by atoms with E-state index in [0.29, 0.717) is 17.0 Å². The fraction of sp³-hybridized carbons (Fsp3) is 0.438. The van der Waals surface area contributed by atoms with Crippen LogP contribution in [0.15, 0.2) is 30.2 Å². The van der Waals surface area contributed by atoms with E-state index in [2.05, 4.69) is 20.3 Å². The molecule has 4 rings (SSSR count). The maximum absolute atomic E-state index is 10.2. The Labute approximate surface area is 152 Å². The molecule has 0 amide bonds. The van der Waals surface area contributed by atoms with Crippen molar-refractivity contribution < 1.29 is 20.1 Å². The number of ether oxygens (including phenoxy) is 1. The topological polar surface area (TPSA) is 126 Å². The van der Waals surface area contributed by atoms with Crippen LogP contribution in [0.1, 0.15) is 24.1 Å². The van der Waals surface area contributed by atoms with Gasteiger partial charge in [0, 0.05) is 4.88 Å². The van der Waals surface area contributed by atoms with Crippen molar-refractivity contribution in [3.05, 3.63) is 35.0 Å². The number of hydrogen-bond donors (Lipinski definition) is 4. The molecule has 0 aromatic carbocycles. The molecule has 0 spiro atoms. The summed E-state index contributed by atoms with van der Waals surface area (Å²) in [4.78, 5) is 14.0. The number of aliphatic hydroxyl groups excluding tert-OH is 3. The van der Waals surface area contributed by atoms with E-state index in [1.807, 2.05) is 24.4 Å². The first-order valence-corrected chi connectivity index (χ1v) is 9.08. The zero-order chi connectivity index (χ0) is 18.3. The largest absolute Gasteiger partial charge is 0.394 e. The van der Waals surface area contributed by atoms with Crippen LogP contribution < -0.4 is 5.32 Å². The van der Waals surface area contributed by atoms with E-state index < -0.39 is 24.5 Å². The monoisotopic (exact) mass is 377 g/mol. The van der Waals surface area contributed by atoms with Gasteiger partial charge in [-0.05, 0) is 18.4 Å². The number of rotatable bonds is 5. The summed E-state index contributed by atoms with van der Waals surface area (Å²) < 4.78 is 7.10. The average molecular weight is 377 g/mol. The predicted molar refractivity (Wildman–Crippen MR) is 94.7 cm³/mol. The summed E-state index contributed by atoms with van der Waals surface area (Å²) in [7, 11) is 0. The number of nitrogens with one attached hydrogen (secondary N) is 1. The van der Waals surface area contributed by atoms with Crippen LogP contribution in [0.3, 0.4) is 0 Å². The highest BCUT2D eigenvalue weighted by molar-refractivity contribution is 7.10. The third-order valence-corrected chi connectivity index (χ3v) is 5.53. The van der Waals surface area contributed by atoms with Gasteiger partial charge in [-0.25, -0.2) is 15.0 Å². The summed E-state index contributed by atoms with van der Waals surface area (Å²) in [5, 5.41) is 34.8. The minimum absolute atomic E-state index is 0.0483. The minimum atomic E-state index is -1.19. The van der Waals surface area contributed by atoms with Gasteiger partial charge in [0.1, 0.15) is 24.6 Å². The minimum Gasteiger partial charge on any atom is -0.394 e. The molecule has 4 N–H and O–H groups in total. The van der Waals surface area contributed by atoms with Crippen molar-refractivity contribution in [2.24, 2.45) is 0 Å². The van der Waals surface area contributed by atoms with Gasteiger partial charge in [-0.15, -0.1) is 11.3 Å². The van der Waals surface area contributed by atoms with Crippen LogP contribution in [0.2, 0.25) is 0 Å². The molecule has 0 bridgehead atoms. The number of nitrogens with zero attached hydrogens (tertiary/aromatic N) is 4. The van der Waals surface area contributed by atoms with Crippen LogP contribution in [0.5, 0.6) is 0 Å². The molecule has 0 unspecified atom stereocenters. The van der Waals surface area contributed by atoms with Gasteiger partial charge in [-0.2, -0.15) is 0 Å². The van der Waals surface area contributed by atoms with E-state index in [1.54, 1.807) is 15.9 Å². The quantitative estimate of drug-likeness (QED) is 0.511. The Hall–Kier alpha value is -2.11. The second-order valence-electron chi connectivity index (χ2n) is 6.16. The van der Waals surface area contributed by atoms with Gasteiger partial charge in [-0.1, -0.05) is 6.07 Å². The first-order chi connectivity index (χ1) is 12.6. The third-order valence-electron chi connectivity index (χ3n) is 4.47. The van der Waals surface area contributed by atoms with Crippen molar-refractivity contribution >= 4 is 28.3 Å². The van der Waals surface area contributed by atoms with Gasteiger partial charge in [0.05, 0.1) is 19.0 Å². The number of fused-ring (bicyclic) bond motifs is 1. The average Bonchev–Trinajstić information content (AvgIpc) is 3.36. The van der Waals surface area contributed by atoms with Crippen molar-refractivity contribution in [1.82, 2.24) is 19.5 Å². The molecule has 0 radical (unpaired) electrons. The van der Waals surface area contributed by atoms with Crippen LogP contribution in [-0.2, 0) is 4.74 Å². The standard InChI is InChI=1S/C16H19N5O4S/c1-8(10-3-2-4-26-10)20-14-11-15(18-6-17-14)21(7-19-11)16-13(24)12(23)9(5-22)25-16/h2-4,6-9,12-13,16,22-24H,5H2,1H3,(H,17,18,20)/t8-,9-,12-,13-,16-/m1/s1. The van der Waals surface area contributed by atoms with Crippen LogP contribution in [0, 0.1) is 0 Å². The van der Waals surface area contributed by atoms with Gasteiger partial charge >= 0.3 is 0 Å². The van der Waals surface area contributed by atoms with Crippen molar-refractivity contribution in [2.75, 3.05) is 11.9 Å². The summed E-state index contributed by atoms with van der Waals surface area (Å²) in [6.45, 7) is 1.64. The van der Waals surface area contributed by atoms with Crippen LogP contribution in [0.25, 0.3) is 11.2 Å². The summed E-state index contributed by atoms with van der Waals surface area (Å²) in [6, 6.07) is 4.08. The number of imidazole rings is 1. The molecular formula is C16H19N5O4S. The fourth-order valence-corrected chi connectivity index (χ4v) is 3.80. The zero-order valence-corrected chi connectivity index (χ0v) is 14.7. The smallest absolute Gasteiger partial charge is 0.167 e. The highest BCUT2D eigenvalue weighted by Crippen LogP contribution is 2.32. The molecular weight excluding hydrogens is 358 g/mol. The second kappa shape index (κ2) is 6.89. The summed E-state index contributed by atoms with van der Waals surface area (Å²) in [5.41, 5.74) is 1.00. The zero-order valence-electron chi connectivity index (χ0n) is 13.9. The van der Waals surface area contributed by atoms with E-state index in [1.165, 1.54) is 17.5 Å². The number of aliphatic hydroxyl groups is 3. The summed E-state index contributed by atoms with van der Waals surface area (Å²) >= 11 is 1.65. The summed E-state index contributed by atoms with van der Waals surface area (Å²) in [6.07, 6.45) is -1.22. The van der Waals surface area contributed by atoms with E-state index in [-0.39, 0.29) is 12.6 Å². The van der Waals surface area contributed by atoms with Crippen molar-refractivity contribution in [2.45, 2.75) is 37.5 Å². The molecule has 138 valence electrons. The van der Waals surface area contributed by atoms with Crippen LogP contribution >= 0.6 is 11.3 Å². The molecule has 10 heteroatoms. The maximum Gasteiger partial charge on any atom is 0.167 e. The third kappa shape index (κ3) is 2.85. The molecule has 3 aromatic heterocycles. The molecule has 9 nitrogen and oxygen atoms in total. The normalized spacial score (nSPS) is 27.1. The number of hydrogen-bond acceptors (Lipinski definition) is 9. The van der Waals surface area contributed by atoms with Gasteiger partial charge in [0.25, 0.3) is 0 Å². The molecule has 1 saturated heterocycles. The molecule has 26 heavy (non-hydrogen) atoms. The van der Waals surface area contributed by atoms with Crippen LogP contribution in [-0.4, -0.2) is 59.8 Å². The number of aromatic nitrogens is 4. The Morgan fingerprint density at radius 1 is 1.31 bits per heavy atom. The Bertz CT molecular complexity index is 886.